The molecule has 1 saturated heterocycles. The number of H-pyrrole nitrogens is 2. The first-order valence-corrected chi connectivity index (χ1v) is 5.48. The van der Waals surface area contributed by atoms with Crippen molar-refractivity contribution < 1.29 is 0 Å². The Morgan fingerprint density at radius 2 is 1.88 bits per heavy atom. The smallest absolute Gasteiger partial charge is 0.314 e. The van der Waals surface area contributed by atoms with Crippen molar-refractivity contribution >= 4 is 11.6 Å². The Kier molecular flexibility index (Phi) is 3.42. The van der Waals surface area contributed by atoms with Gasteiger partial charge in [0.2, 0.25) is 0 Å². The van der Waals surface area contributed by atoms with Crippen LogP contribution in [0.3, 0.4) is 0 Å². The van der Waals surface area contributed by atoms with E-state index in [-0.39, 0.29) is 5.02 Å². The maximum Gasteiger partial charge on any atom is 0.326 e. The lowest BCUT2D eigenvalue weighted by Gasteiger charge is -2.26. The summed E-state index contributed by atoms with van der Waals surface area (Å²) in [5.41, 5.74) is -0.563. The molecule has 0 aliphatic carbocycles. The first-order valence-electron chi connectivity index (χ1n) is 5.11. The highest BCUT2D eigenvalue weighted by Gasteiger charge is 2.13. The molecule has 88 valence electrons. The highest BCUT2D eigenvalue weighted by molar-refractivity contribution is 6.30. The topological polar surface area (TPSA) is 81.0 Å². The Labute approximate surface area is 96.6 Å². The Morgan fingerprint density at radius 3 is 2.56 bits per heavy atom. The summed E-state index contributed by atoms with van der Waals surface area (Å²) in [6.07, 6.45) is 0. The van der Waals surface area contributed by atoms with Gasteiger partial charge in [0.15, 0.2) is 0 Å². The van der Waals surface area contributed by atoms with Gasteiger partial charge in [-0.05, 0) is 0 Å². The van der Waals surface area contributed by atoms with Gasteiger partial charge in [0.1, 0.15) is 5.02 Å². The molecule has 3 N–H and O–H groups in total. The SMILES string of the molecule is O=c1[nH]c(CN2CCNCC2)c(Cl)c(=O)[nH]1. The summed E-state index contributed by atoms with van der Waals surface area (Å²) < 4.78 is 0. The van der Waals surface area contributed by atoms with E-state index in [9.17, 15) is 9.59 Å². The fourth-order valence-electron chi connectivity index (χ4n) is 1.72. The molecule has 0 bridgehead atoms. The van der Waals surface area contributed by atoms with Crippen molar-refractivity contribution in [2.45, 2.75) is 6.54 Å². The fourth-order valence-corrected chi connectivity index (χ4v) is 1.87. The molecule has 0 amide bonds. The summed E-state index contributed by atoms with van der Waals surface area (Å²) in [5.74, 6) is 0. The minimum Gasteiger partial charge on any atom is -0.314 e. The molecular formula is C9H13ClN4O2. The quantitative estimate of drug-likeness (QED) is 0.631. The molecule has 1 aliphatic heterocycles. The van der Waals surface area contributed by atoms with Crippen molar-refractivity contribution in [2.75, 3.05) is 26.2 Å². The van der Waals surface area contributed by atoms with Crippen LogP contribution in [0.15, 0.2) is 9.59 Å². The normalized spacial score (nSPS) is 17.6. The number of hydrogen-bond acceptors (Lipinski definition) is 4. The lowest BCUT2D eigenvalue weighted by molar-refractivity contribution is 0.230. The second-order valence-electron chi connectivity index (χ2n) is 3.73. The van der Waals surface area contributed by atoms with Crippen molar-refractivity contribution in [3.63, 3.8) is 0 Å². The van der Waals surface area contributed by atoms with E-state index in [1.807, 2.05) is 0 Å². The number of halogens is 1. The van der Waals surface area contributed by atoms with E-state index >= 15 is 0 Å². The molecule has 0 saturated carbocycles. The standard InChI is InChI=1S/C9H13ClN4O2/c10-7-6(12-9(16)13-8(7)15)5-14-3-1-11-2-4-14/h11H,1-5H2,(H2,12,13,15,16). The van der Waals surface area contributed by atoms with Crippen molar-refractivity contribution in [3.8, 4) is 0 Å². The minimum atomic E-state index is -0.532. The molecule has 1 aliphatic rings. The monoisotopic (exact) mass is 244 g/mol. The predicted octanol–water partition coefficient (Wildman–Crippen LogP) is -0.878. The van der Waals surface area contributed by atoms with Crippen molar-refractivity contribution in [1.29, 1.82) is 0 Å². The van der Waals surface area contributed by atoms with Crippen molar-refractivity contribution in [3.05, 3.63) is 31.6 Å². The maximum atomic E-state index is 11.3. The third-order valence-electron chi connectivity index (χ3n) is 2.55. The number of nitrogens with one attached hydrogen (secondary N) is 3. The second kappa shape index (κ2) is 4.82. The first-order chi connectivity index (χ1) is 7.66. The van der Waals surface area contributed by atoms with Crippen LogP contribution in [0, 0.1) is 0 Å². The molecule has 0 unspecified atom stereocenters. The van der Waals surface area contributed by atoms with Crippen LogP contribution in [0.5, 0.6) is 0 Å². The molecule has 0 spiro atoms. The zero-order valence-corrected chi connectivity index (χ0v) is 9.43. The highest BCUT2D eigenvalue weighted by Crippen LogP contribution is 2.08. The van der Waals surface area contributed by atoms with Crippen LogP contribution in [-0.2, 0) is 6.54 Å². The summed E-state index contributed by atoms with van der Waals surface area (Å²) in [4.78, 5) is 29.1. The summed E-state index contributed by atoms with van der Waals surface area (Å²) >= 11 is 5.83. The van der Waals surface area contributed by atoms with Crippen LogP contribution in [-0.4, -0.2) is 41.0 Å². The molecule has 2 rings (SSSR count). The molecule has 16 heavy (non-hydrogen) atoms. The van der Waals surface area contributed by atoms with Crippen LogP contribution in [0.4, 0.5) is 0 Å². The van der Waals surface area contributed by atoms with Gasteiger partial charge in [-0.3, -0.25) is 14.7 Å². The van der Waals surface area contributed by atoms with Crippen LogP contribution in [0.25, 0.3) is 0 Å². The van der Waals surface area contributed by atoms with Crippen LogP contribution in [0.1, 0.15) is 5.69 Å². The largest absolute Gasteiger partial charge is 0.326 e. The first kappa shape index (κ1) is 11.4. The lowest BCUT2D eigenvalue weighted by Crippen LogP contribution is -2.43. The highest BCUT2D eigenvalue weighted by atomic mass is 35.5. The molecule has 0 aromatic carbocycles. The summed E-state index contributed by atoms with van der Waals surface area (Å²) in [6, 6.07) is 0. The van der Waals surface area contributed by atoms with Crippen LogP contribution >= 0.6 is 11.6 Å². The maximum absolute atomic E-state index is 11.3. The average Bonchev–Trinajstić information content (AvgIpc) is 2.27. The third kappa shape index (κ3) is 2.52. The number of aromatic nitrogens is 2. The average molecular weight is 245 g/mol. The molecule has 7 heteroatoms. The Hall–Kier alpha value is -1.11. The Morgan fingerprint density at radius 1 is 1.19 bits per heavy atom. The van der Waals surface area contributed by atoms with Gasteiger partial charge in [-0.25, -0.2) is 4.79 Å². The minimum absolute atomic E-state index is 0.0677. The van der Waals surface area contributed by atoms with Gasteiger partial charge >= 0.3 is 5.69 Å². The van der Waals surface area contributed by atoms with Gasteiger partial charge in [0.25, 0.3) is 5.56 Å². The summed E-state index contributed by atoms with van der Waals surface area (Å²) in [7, 11) is 0. The van der Waals surface area contributed by atoms with E-state index in [0.29, 0.717) is 12.2 Å². The molecule has 6 nitrogen and oxygen atoms in total. The van der Waals surface area contributed by atoms with E-state index < -0.39 is 11.2 Å². The number of piperazine rings is 1. The molecular weight excluding hydrogens is 232 g/mol. The van der Waals surface area contributed by atoms with Gasteiger partial charge in [-0.2, -0.15) is 0 Å². The van der Waals surface area contributed by atoms with Crippen LogP contribution in [0.2, 0.25) is 5.02 Å². The van der Waals surface area contributed by atoms with E-state index in [0.717, 1.165) is 26.2 Å². The van der Waals surface area contributed by atoms with Crippen molar-refractivity contribution in [2.24, 2.45) is 0 Å². The van der Waals surface area contributed by atoms with Gasteiger partial charge in [-0.1, -0.05) is 11.6 Å². The van der Waals surface area contributed by atoms with Crippen LogP contribution < -0.4 is 16.6 Å². The molecule has 0 radical (unpaired) electrons. The Balaban J connectivity index is 2.20. The van der Waals surface area contributed by atoms with Gasteiger partial charge < -0.3 is 10.3 Å². The molecule has 0 atom stereocenters. The summed E-state index contributed by atoms with van der Waals surface area (Å²) in [5, 5.41) is 3.29. The van der Waals surface area contributed by atoms with E-state index in [1.54, 1.807) is 0 Å². The fraction of sp³-hybridized carbons (Fsp3) is 0.556. The number of rotatable bonds is 2. The number of hydrogen-bond donors (Lipinski definition) is 3. The third-order valence-corrected chi connectivity index (χ3v) is 2.95. The molecule has 2 heterocycles. The second-order valence-corrected chi connectivity index (χ2v) is 4.10. The van der Waals surface area contributed by atoms with E-state index in [1.165, 1.54) is 0 Å². The lowest BCUT2D eigenvalue weighted by atomic mass is 10.3. The zero-order chi connectivity index (χ0) is 11.5. The van der Waals surface area contributed by atoms with Crippen molar-refractivity contribution in [1.82, 2.24) is 20.2 Å². The summed E-state index contributed by atoms with van der Waals surface area (Å²) in [6.45, 7) is 4.08. The van der Waals surface area contributed by atoms with Gasteiger partial charge in [0.05, 0.1) is 5.69 Å². The number of aromatic amines is 2. The molecule has 1 aromatic heterocycles. The predicted molar refractivity (Wildman–Crippen MR) is 60.8 cm³/mol. The molecule has 1 aromatic rings. The van der Waals surface area contributed by atoms with E-state index in [2.05, 4.69) is 20.2 Å². The Bertz CT molecular complexity index is 475. The molecule has 1 fully saturated rings. The zero-order valence-electron chi connectivity index (χ0n) is 8.68. The number of nitrogens with zero attached hydrogens (tertiary/aromatic N) is 1. The van der Waals surface area contributed by atoms with Gasteiger partial charge in [-0.15, -0.1) is 0 Å². The van der Waals surface area contributed by atoms with Gasteiger partial charge in [0, 0.05) is 32.7 Å². The van der Waals surface area contributed by atoms with E-state index in [4.69, 9.17) is 11.6 Å².